The van der Waals surface area contributed by atoms with Gasteiger partial charge in [0, 0.05) is 12.6 Å². The van der Waals surface area contributed by atoms with Gasteiger partial charge in [0.2, 0.25) is 11.1 Å². The van der Waals surface area contributed by atoms with Gasteiger partial charge in [0.15, 0.2) is 0 Å². The lowest BCUT2D eigenvalue weighted by Crippen LogP contribution is -2.40. The molecular weight excluding hydrogens is 358 g/mol. The van der Waals surface area contributed by atoms with Crippen molar-refractivity contribution in [2.24, 2.45) is 5.92 Å². The molecule has 1 unspecified atom stereocenters. The Bertz CT molecular complexity index is 755. The zero-order chi connectivity index (χ0) is 18.6. The first kappa shape index (κ1) is 18.5. The number of carbonyl (C=O) groups excluding carboxylic acids is 1. The molecular formula is C20H27N5OS. The summed E-state index contributed by atoms with van der Waals surface area (Å²) >= 11 is 1.47. The van der Waals surface area contributed by atoms with Crippen molar-refractivity contribution in [3.8, 4) is 0 Å². The molecule has 2 saturated carbocycles. The SMILES string of the molecule is CC(C1CC1)N(Cc1ccccc1)C(=O)CSc1nnnn1C1CCCC1. The monoisotopic (exact) mass is 385 g/mol. The zero-order valence-electron chi connectivity index (χ0n) is 15.8. The number of benzene rings is 1. The van der Waals surface area contributed by atoms with Crippen molar-refractivity contribution in [2.45, 2.75) is 69.2 Å². The minimum atomic E-state index is 0.171. The zero-order valence-corrected chi connectivity index (χ0v) is 16.6. The molecule has 1 aromatic heterocycles. The number of amides is 1. The summed E-state index contributed by atoms with van der Waals surface area (Å²) in [7, 11) is 0. The average molecular weight is 386 g/mol. The van der Waals surface area contributed by atoms with Crippen LogP contribution < -0.4 is 0 Å². The molecule has 0 spiro atoms. The maximum absolute atomic E-state index is 13.1. The van der Waals surface area contributed by atoms with Crippen LogP contribution in [-0.4, -0.2) is 42.8 Å². The van der Waals surface area contributed by atoms with Crippen molar-refractivity contribution in [2.75, 3.05) is 5.75 Å². The quantitative estimate of drug-likeness (QED) is 0.648. The standard InChI is InChI=1S/C20H27N5OS/c1-15(17-11-12-17)24(13-16-7-3-2-4-8-16)19(26)14-27-20-21-22-23-25(20)18-9-5-6-10-18/h2-4,7-8,15,17-18H,5-6,9-14H2,1H3. The fourth-order valence-corrected chi connectivity index (χ4v) is 4.77. The Labute approximate surface area is 164 Å². The predicted molar refractivity (Wildman–Crippen MR) is 105 cm³/mol. The maximum atomic E-state index is 13.1. The van der Waals surface area contributed by atoms with Crippen LogP contribution in [-0.2, 0) is 11.3 Å². The van der Waals surface area contributed by atoms with Gasteiger partial charge in [-0.05, 0) is 54.5 Å². The van der Waals surface area contributed by atoms with E-state index >= 15 is 0 Å². The lowest BCUT2D eigenvalue weighted by Gasteiger charge is -2.29. The number of hydrogen-bond acceptors (Lipinski definition) is 5. The number of tetrazole rings is 1. The molecule has 0 saturated heterocycles. The van der Waals surface area contributed by atoms with Crippen LogP contribution in [0, 0.1) is 5.92 Å². The van der Waals surface area contributed by atoms with Crippen molar-refractivity contribution in [1.82, 2.24) is 25.1 Å². The van der Waals surface area contributed by atoms with Gasteiger partial charge in [0.05, 0.1) is 11.8 Å². The fraction of sp³-hybridized carbons (Fsp3) is 0.600. The summed E-state index contributed by atoms with van der Waals surface area (Å²) in [5, 5.41) is 13.0. The van der Waals surface area contributed by atoms with E-state index in [-0.39, 0.29) is 11.9 Å². The highest BCUT2D eigenvalue weighted by Crippen LogP contribution is 2.36. The second-order valence-electron chi connectivity index (χ2n) is 7.72. The van der Waals surface area contributed by atoms with E-state index in [1.165, 1.54) is 43.0 Å². The third kappa shape index (κ3) is 4.51. The van der Waals surface area contributed by atoms with Gasteiger partial charge in [0.1, 0.15) is 0 Å². The van der Waals surface area contributed by atoms with Crippen molar-refractivity contribution >= 4 is 17.7 Å². The van der Waals surface area contributed by atoms with Gasteiger partial charge in [-0.3, -0.25) is 4.79 Å². The van der Waals surface area contributed by atoms with Gasteiger partial charge in [-0.25, -0.2) is 4.68 Å². The van der Waals surface area contributed by atoms with E-state index in [0.29, 0.717) is 24.3 Å². The molecule has 0 radical (unpaired) electrons. The van der Waals surface area contributed by atoms with Crippen molar-refractivity contribution in [1.29, 1.82) is 0 Å². The molecule has 2 fully saturated rings. The largest absolute Gasteiger partial charge is 0.335 e. The molecule has 2 aliphatic carbocycles. The Hall–Kier alpha value is -1.89. The van der Waals surface area contributed by atoms with Crippen molar-refractivity contribution in [3.05, 3.63) is 35.9 Å². The first-order chi connectivity index (χ1) is 13.2. The molecule has 6 nitrogen and oxygen atoms in total. The summed E-state index contributed by atoms with van der Waals surface area (Å²) < 4.78 is 1.93. The van der Waals surface area contributed by atoms with E-state index in [2.05, 4.69) is 34.6 Å². The molecule has 1 aromatic carbocycles. The van der Waals surface area contributed by atoms with Crippen LogP contribution in [0.1, 0.15) is 57.1 Å². The van der Waals surface area contributed by atoms with E-state index in [4.69, 9.17) is 0 Å². The molecule has 144 valence electrons. The Morgan fingerprint density at radius 1 is 1.22 bits per heavy atom. The first-order valence-electron chi connectivity index (χ1n) is 9.96. The lowest BCUT2D eigenvalue weighted by molar-refractivity contribution is -0.131. The van der Waals surface area contributed by atoms with Crippen LogP contribution >= 0.6 is 11.8 Å². The number of nitrogens with zero attached hydrogens (tertiary/aromatic N) is 5. The van der Waals surface area contributed by atoms with E-state index < -0.39 is 0 Å². The summed E-state index contributed by atoms with van der Waals surface area (Å²) in [6.07, 6.45) is 7.19. The van der Waals surface area contributed by atoms with Gasteiger partial charge in [-0.2, -0.15) is 0 Å². The van der Waals surface area contributed by atoms with Gasteiger partial charge in [0.25, 0.3) is 0 Å². The molecule has 1 amide bonds. The number of rotatable bonds is 8. The van der Waals surface area contributed by atoms with Gasteiger partial charge < -0.3 is 4.90 Å². The topological polar surface area (TPSA) is 63.9 Å². The molecule has 1 heterocycles. The van der Waals surface area contributed by atoms with E-state index in [1.807, 2.05) is 27.8 Å². The van der Waals surface area contributed by atoms with Crippen LogP contribution in [0.4, 0.5) is 0 Å². The highest BCUT2D eigenvalue weighted by Gasteiger charge is 2.34. The molecule has 7 heteroatoms. The Morgan fingerprint density at radius 3 is 2.67 bits per heavy atom. The molecule has 2 aromatic rings. The van der Waals surface area contributed by atoms with Crippen molar-refractivity contribution in [3.63, 3.8) is 0 Å². The number of aromatic nitrogens is 4. The number of thioether (sulfide) groups is 1. The van der Waals surface area contributed by atoms with Crippen molar-refractivity contribution < 1.29 is 4.79 Å². The molecule has 0 aliphatic heterocycles. The smallest absolute Gasteiger partial charge is 0.233 e. The molecule has 2 aliphatic rings. The molecule has 4 rings (SSSR count). The van der Waals surface area contributed by atoms with Crippen LogP contribution in [0.25, 0.3) is 0 Å². The minimum Gasteiger partial charge on any atom is -0.335 e. The Kier molecular flexibility index (Phi) is 5.76. The van der Waals surface area contributed by atoms with E-state index in [9.17, 15) is 4.79 Å². The van der Waals surface area contributed by atoms with E-state index in [1.54, 1.807) is 0 Å². The summed E-state index contributed by atoms with van der Waals surface area (Å²) in [5.41, 5.74) is 1.18. The lowest BCUT2D eigenvalue weighted by atomic mass is 10.1. The molecule has 27 heavy (non-hydrogen) atoms. The molecule has 0 N–H and O–H groups in total. The first-order valence-corrected chi connectivity index (χ1v) is 10.9. The third-order valence-corrected chi connectivity index (χ3v) is 6.69. The summed E-state index contributed by atoms with van der Waals surface area (Å²) in [4.78, 5) is 15.1. The average Bonchev–Trinajstić information content (AvgIpc) is 3.20. The predicted octanol–water partition coefficient (Wildman–Crippen LogP) is 3.71. The van der Waals surface area contributed by atoms with Crippen LogP contribution in [0.5, 0.6) is 0 Å². The fourth-order valence-electron chi connectivity index (χ4n) is 3.94. The van der Waals surface area contributed by atoms with E-state index in [0.717, 1.165) is 18.0 Å². The van der Waals surface area contributed by atoms with Crippen LogP contribution in [0.15, 0.2) is 35.5 Å². The molecule has 1 atom stereocenters. The Balaban J connectivity index is 1.42. The number of carbonyl (C=O) groups is 1. The summed E-state index contributed by atoms with van der Waals surface area (Å²) in [6, 6.07) is 10.9. The molecule has 0 bridgehead atoms. The van der Waals surface area contributed by atoms with Crippen LogP contribution in [0.3, 0.4) is 0 Å². The number of hydrogen-bond donors (Lipinski definition) is 0. The second-order valence-corrected chi connectivity index (χ2v) is 8.66. The van der Waals surface area contributed by atoms with Gasteiger partial charge in [-0.1, -0.05) is 54.9 Å². The maximum Gasteiger partial charge on any atom is 0.233 e. The second kappa shape index (κ2) is 8.42. The van der Waals surface area contributed by atoms with Crippen LogP contribution in [0.2, 0.25) is 0 Å². The van der Waals surface area contributed by atoms with Gasteiger partial charge >= 0.3 is 0 Å². The minimum absolute atomic E-state index is 0.171. The summed E-state index contributed by atoms with van der Waals surface area (Å²) in [5.74, 6) is 1.20. The Morgan fingerprint density at radius 2 is 1.96 bits per heavy atom. The van der Waals surface area contributed by atoms with Gasteiger partial charge in [-0.15, -0.1) is 5.10 Å². The highest BCUT2D eigenvalue weighted by molar-refractivity contribution is 7.99. The summed E-state index contributed by atoms with van der Waals surface area (Å²) in [6.45, 7) is 2.86. The normalized spacial score (nSPS) is 18.6. The third-order valence-electron chi connectivity index (χ3n) is 5.77. The highest BCUT2D eigenvalue weighted by atomic mass is 32.2.